The molecule has 78 valence electrons. The van der Waals surface area contributed by atoms with Crippen LogP contribution in [-0.2, 0) is 0 Å². The molecule has 0 aromatic rings. The maximum absolute atomic E-state index is 9.53. The first-order valence-electron chi connectivity index (χ1n) is 5.44. The molecule has 0 radical (unpaired) electrons. The predicted molar refractivity (Wildman–Crippen MR) is 55.4 cm³/mol. The highest BCUT2D eigenvalue weighted by Crippen LogP contribution is 2.32. The molecule has 0 bridgehead atoms. The zero-order valence-corrected chi connectivity index (χ0v) is 9.33. The Morgan fingerprint density at radius 1 is 1.23 bits per heavy atom. The minimum absolute atomic E-state index is 0.312. The van der Waals surface area contributed by atoms with Crippen molar-refractivity contribution in [3.05, 3.63) is 0 Å². The number of nitrogens with zero attached hydrogens (tertiary/aromatic N) is 1. The Bertz CT molecular complexity index is 148. The van der Waals surface area contributed by atoms with Crippen LogP contribution in [0.2, 0.25) is 0 Å². The number of aliphatic hydroxyl groups is 1. The van der Waals surface area contributed by atoms with Gasteiger partial charge in [-0.1, -0.05) is 20.3 Å². The Kier molecular flexibility index (Phi) is 3.74. The van der Waals surface area contributed by atoms with Crippen molar-refractivity contribution in [3.63, 3.8) is 0 Å². The number of rotatable bonds is 2. The van der Waals surface area contributed by atoms with Crippen molar-refractivity contribution in [1.82, 2.24) is 4.90 Å². The third-order valence-electron chi connectivity index (χ3n) is 3.54. The molecular weight excluding hydrogens is 162 g/mol. The molecule has 0 aromatic heterocycles. The molecule has 1 N–H and O–H groups in total. The molecule has 13 heavy (non-hydrogen) atoms. The fourth-order valence-corrected chi connectivity index (χ4v) is 2.72. The van der Waals surface area contributed by atoms with Gasteiger partial charge in [-0.2, -0.15) is 0 Å². The van der Waals surface area contributed by atoms with Gasteiger partial charge in [-0.15, -0.1) is 0 Å². The van der Waals surface area contributed by atoms with Gasteiger partial charge in [0.25, 0.3) is 0 Å². The highest BCUT2D eigenvalue weighted by Gasteiger charge is 2.32. The van der Waals surface area contributed by atoms with Crippen LogP contribution in [-0.4, -0.2) is 29.3 Å². The SMILES string of the molecule is CC1CCCC(C)C1N(C)C(C)O. The molecule has 0 spiro atoms. The van der Waals surface area contributed by atoms with E-state index in [9.17, 15) is 5.11 Å². The van der Waals surface area contributed by atoms with Gasteiger partial charge in [-0.25, -0.2) is 0 Å². The molecule has 1 saturated carbocycles. The minimum Gasteiger partial charge on any atom is -0.379 e. The van der Waals surface area contributed by atoms with Crippen molar-refractivity contribution in [2.45, 2.75) is 52.3 Å². The molecule has 3 unspecified atom stereocenters. The van der Waals surface area contributed by atoms with E-state index in [0.29, 0.717) is 6.04 Å². The number of hydrogen-bond donors (Lipinski definition) is 1. The van der Waals surface area contributed by atoms with Crippen molar-refractivity contribution in [2.24, 2.45) is 11.8 Å². The van der Waals surface area contributed by atoms with Gasteiger partial charge >= 0.3 is 0 Å². The van der Waals surface area contributed by atoms with Crippen LogP contribution in [0.1, 0.15) is 40.0 Å². The Balaban J connectivity index is 2.62. The Morgan fingerprint density at radius 3 is 2.08 bits per heavy atom. The van der Waals surface area contributed by atoms with Crippen molar-refractivity contribution in [1.29, 1.82) is 0 Å². The van der Waals surface area contributed by atoms with Crippen LogP contribution in [0.4, 0.5) is 0 Å². The average Bonchev–Trinajstić information content (AvgIpc) is 2.03. The van der Waals surface area contributed by atoms with Crippen molar-refractivity contribution >= 4 is 0 Å². The van der Waals surface area contributed by atoms with Crippen LogP contribution >= 0.6 is 0 Å². The van der Waals surface area contributed by atoms with E-state index in [1.54, 1.807) is 0 Å². The van der Waals surface area contributed by atoms with E-state index in [2.05, 4.69) is 18.7 Å². The van der Waals surface area contributed by atoms with Gasteiger partial charge in [0.1, 0.15) is 6.23 Å². The molecule has 0 aromatic carbocycles. The van der Waals surface area contributed by atoms with Crippen LogP contribution in [0.25, 0.3) is 0 Å². The lowest BCUT2D eigenvalue weighted by atomic mass is 9.78. The van der Waals surface area contributed by atoms with Crippen LogP contribution in [0.3, 0.4) is 0 Å². The van der Waals surface area contributed by atoms with Crippen molar-refractivity contribution < 1.29 is 5.11 Å². The molecule has 0 saturated heterocycles. The molecule has 2 heteroatoms. The van der Waals surface area contributed by atoms with Gasteiger partial charge in [0.05, 0.1) is 0 Å². The highest BCUT2D eigenvalue weighted by molar-refractivity contribution is 4.84. The maximum Gasteiger partial charge on any atom is 0.104 e. The Morgan fingerprint density at radius 2 is 1.69 bits per heavy atom. The molecule has 1 aliphatic rings. The third-order valence-corrected chi connectivity index (χ3v) is 3.54. The lowest BCUT2D eigenvalue weighted by molar-refractivity contribution is -0.0363. The van der Waals surface area contributed by atoms with Gasteiger partial charge in [-0.3, -0.25) is 4.90 Å². The molecule has 1 rings (SSSR count). The molecular formula is C11H23NO. The van der Waals surface area contributed by atoms with E-state index < -0.39 is 0 Å². The van der Waals surface area contributed by atoms with E-state index in [1.807, 2.05) is 14.0 Å². The second kappa shape index (κ2) is 4.43. The Labute approximate surface area is 81.9 Å². The quantitative estimate of drug-likeness (QED) is 0.666. The van der Waals surface area contributed by atoms with Crippen LogP contribution < -0.4 is 0 Å². The van der Waals surface area contributed by atoms with E-state index in [1.165, 1.54) is 19.3 Å². The summed E-state index contributed by atoms with van der Waals surface area (Å²) in [6.45, 7) is 6.46. The smallest absolute Gasteiger partial charge is 0.104 e. The summed E-state index contributed by atoms with van der Waals surface area (Å²) in [6.07, 6.45) is 3.66. The van der Waals surface area contributed by atoms with E-state index in [0.717, 1.165) is 11.8 Å². The lowest BCUT2D eigenvalue weighted by Crippen LogP contribution is -2.47. The second-order valence-electron chi connectivity index (χ2n) is 4.67. The normalized spacial score (nSPS) is 37.8. The van der Waals surface area contributed by atoms with Gasteiger partial charge in [-0.05, 0) is 38.6 Å². The summed E-state index contributed by atoms with van der Waals surface area (Å²) in [7, 11) is 2.04. The highest BCUT2D eigenvalue weighted by atomic mass is 16.3. The molecule has 3 atom stereocenters. The zero-order valence-electron chi connectivity index (χ0n) is 9.33. The second-order valence-corrected chi connectivity index (χ2v) is 4.67. The first-order chi connectivity index (χ1) is 6.04. The zero-order chi connectivity index (χ0) is 10.0. The van der Waals surface area contributed by atoms with E-state index in [-0.39, 0.29) is 6.23 Å². The average molecular weight is 185 g/mol. The van der Waals surface area contributed by atoms with Crippen molar-refractivity contribution in [2.75, 3.05) is 7.05 Å². The largest absolute Gasteiger partial charge is 0.379 e. The van der Waals surface area contributed by atoms with Gasteiger partial charge in [0.2, 0.25) is 0 Å². The molecule has 1 fully saturated rings. The summed E-state index contributed by atoms with van der Waals surface area (Å²) in [5, 5.41) is 9.53. The van der Waals surface area contributed by atoms with E-state index in [4.69, 9.17) is 0 Å². The number of aliphatic hydroxyl groups excluding tert-OH is 1. The summed E-state index contributed by atoms with van der Waals surface area (Å²) in [5.74, 6) is 1.45. The fraction of sp³-hybridized carbons (Fsp3) is 1.00. The maximum atomic E-state index is 9.53. The van der Waals surface area contributed by atoms with Gasteiger partial charge in [0, 0.05) is 6.04 Å². The standard InChI is InChI=1S/C11H23NO/c1-8-6-5-7-9(2)11(8)12(4)10(3)13/h8-11,13H,5-7H2,1-4H3. The summed E-state index contributed by atoms with van der Waals surface area (Å²) < 4.78 is 0. The first-order valence-corrected chi connectivity index (χ1v) is 5.44. The lowest BCUT2D eigenvalue weighted by Gasteiger charge is -2.42. The van der Waals surface area contributed by atoms with E-state index >= 15 is 0 Å². The van der Waals surface area contributed by atoms with Gasteiger partial charge in [0.15, 0.2) is 0 Å². The summed E-state index contributed by atoms with van der Waals surface area (Å²) >= 11 is 0. The Hall–Kier alpha value is -0.0800. The van der Waals surface area contributed by atoms with Crippen molar-refractivity contribution in [3.8, 4) is 0 Å². The summed E-state index contributed by atoms with van der Waals surface area (Å²) in [5.41, 5.74) is 0. The number of hydrogen-bond acceptors (Lipinski definition) is 2. The molecule has 2 nitrogen and oxygen atoms in total. The molecule has 0 aliphatic heterocycles. The summed E-state index contributed by atoms with van der Waals surface area (Å²) in [4.78, 5) is 2.12. The van der Waals surface area contributed by atoms with Crippen LogP contribution in [0.15, 0.2) is 0 Å². The topological polar surface area (TPSA) is 23.5 Å². The third kappa shape index (κ3) is 2.44. The molecule has 1 aliphatic carbocycles. The molecule has 0 heterocycles. The van der Waals surface area contributed by atoms with Gasteiger partial charge < -0.3 is 5.11 Å². The minimum atomic E-state index is -0.312. The van der Waals surface area contributed by atoms with Crippen LogP contribution in [0.5, 0.6) is 0 Å². The first kappa shape index (κ1) is 11.0. The predicted octanol–water partition coefficient (Wildman–Crippen LogP) is 2.08. The summed E-state index contributed by atoms with van der Waals surface area (Å²) in [6, 6.07) is 0.564. The monoisotopic (exact) mass is 185 g/mol. The molecule has 0 amide bonds. The fourth-order valence-electron chi connectivity index (χ4n) is 2.72. The van der Waals surface area contributed by atoms with Crippen LogP contribution in [0, 0.1) is 11.8 Å².